The minimum absolute atomic E-state index is 0.305. The van der Waals surface area contributed by atoms with E-state index in [0.29, 0.717) is 5.41 Å². The van der Waals surface area contributed by atoms with Gasteiger partial charge in [-0.3, -0.25) is 0 Å². The average molecular weight is 210 g/mol. The van der Waals surface area contributed by atoms with E-state index in [9.17, 15) is 0 Å². The molecule has 2 saturated carbocycles. The van der Waals surface area contributed by atoms with Crippen molar-refractivity contribution >= 4 is 0 Å². The third-order valence-corrected chi connectivity index (χ3v) is 4.71. The minimum Gasteiger partial charge on any atom is -0.330 e. The Bertz CT molecular complexity index is 211. The van der Waals surface area contributed by atoms with E-state index in [0.717, 1.165) is 24.4 Å². The van der Waals surface area contributed by atoms with Gasteiger partial charge in [0.25, 0.3) is 0 Å². The van der Waals surface area contributed by atoms with Gasteiger partial charge < -0.3 is 11.1 Å². The van der Waals surface area contributed by atoms with Gasteiger partial charge in [0.1, 0.15) is 0 Å². The average Bonchev–Trinajstić information content (AvgIpc) is 3.08. The zero-order chi connectivity index (χ0) is 10.9. The van der Waals surface area contributed by atoms with Gasteiger partial charge in [0.15, 0.2) is 0 Å². The molecule has 0 amide bonds. The maximum atomic E-state index is 5.82. The molecule has 0 aliphatic heterocycles. The van der Waals surface area contributed by atoms with Crippen molar-refractivity contribution in [2.45, 2.75) is 46.0 Å². The Morgan fingerprint density at radius 3 is 2.47 bits per heavy atom. The lowest BCUT2D eigenvalue weighted by Crippen LogP contribution is -2.39. The van der Waals surface area contributed by atoms with Crippen LogP contribution in [-0.2, 0) is 0 Å². The Labute approximate surface area is 94.0 Å². The molecule has 2 rings (SSSR count). The largest absolute Gasteiger partial charge is 0.330 e. The molecular weight excluding hydrogens is 184 g/mol. The highest BCUT2D eigenvalue weighted by molar-refractivity contribution is 5.05. The second-order valence-electron chi connectivity index (χ2n) is 6.11. The maximum absolute atomic E-state index is 5.82. The maximum Gasteiger partial charge on any atom is 0.00174 e. The molecule has 88 valence electrons. The number of hydrogen-bond acceptors (Lipinski definition) is 2. The van der Waals surface area contributed by atoms with Gasteiger partial charge in [0, 0.05) is 13.1 Å². The van der Waals surface area contributed by atoms with Crippen LogP contribution in [0, 0.1) is 16.7 Å². The van der Waals surface area contributed by atoms with Crippen LogP contribution in [0.5, 0.6) is 0 Å². The summed E-state index contributed by atoms with van der Waals surface area (Å²) >= 11 is 0. The van der Waals surface area contributed by atoms with Crippen LogP contribution in [0.15, 0.2) is 0 Å². The summed E-state index contributed by atoms with van der Waals surface area (Å²) in [6.45, 7) is 7.66. The third kappa shape index (κ3) is 2.54. The molecule has 1 atom stereocenters. The molecule has 0 aromatic rings. The zero-order valence-corrected chi connectivity index (χ0v) is 10.3. The van der Waals surface area contributed by atoms with Crippen molar-refractivity contribution in [2.24, 2.45) is 22.5 Å². The van der Waals surface area contributed by atoms with E-state index in [2.05, 4.69) is 19.2 Å². The van der Waals surface area contributed by atoms with Crippen molar-refractivity contribution in [3.05, 3.63) is 0 Å². The van der Waals surface area contributed by atoms with Crippen LogP contribution in [0.1, 0.15) is 46.0 Å². The van der Waals surface area contributed by atoms with E-state index >= 15 is 0 Å². The van der Waals surface area contributed by atoms with Crippen LogP contribution in [-0.4, -0.2) is 19.6 Å². The first-order chi connectivity index (χ1) is 7.14. The monoisotopic (exact) mass is 210 g/mol. The highest BCUT2D eigenvalue weighted by atomic mass is 14.9. The van der Waals surface area contributed by atoms with Gasteiger partial charge >= 0.3 is 0 Å². The van der Waals surface area contributed by atoms with Gasteiger partial charge in [-0.25, -0.2) is 0 Å². The molecule has 2 heteroatoms. The van der Waals surface area contributed by atoms with Crippen LogP contribution in [0.2, 0.25) is 0 Å². The van der Waals surface area contributed by atoms with Gasteiger partial charge in [-0.2, -0.15) is 0 Å². The first kappa shape index (κ1) is 11.4. The predicted octanol–water partition coefficient (Wildman–Crippen LogP) is 2.14. The lowest BCUT2D eigenvalue weighted by Gasteiger charge is -2.28. The summed E-state index contributed by atoms with van der Waals surface area (Å²) in [5, 5.41) is 3.67. The summed E-state index contributed by atoms with van der Waals surface area (Å²) in [6.07, 6.45) is 7.09. The summed E-state index contributed by atoms with van der Waals surface area (Å²) in [7, 11) is 0. The first-order valence-corrected chi connectivity index (χ1v) is 6.55. The van der Waals surface area contributed by atoms with Crippen molar-refractivity contribution in [2.75, 3.05) is 19.6 Å². The lowest BCUT2D eigenvalue weighted by molar-refractivity contribution is 0.283. The molecule has 0 bridgehead atoms. The van der Waals surface area contributed by atoms with Crippen LogP contribution in [0.25, 0.3) is 0 Å². The molecule has 1 unspecified atom stereocenters. The molecule has 0 saturated heterocycles. The van der Waals surface area contributed by atoms with E-state index in [1.807, 2.05) is 0 Å². The van der Waals surface area contributed by atoms with Gasteiger partial charge in [-0.15, -0.1) is 0 Å². The van der Waals surface area contributed by atoms with Crippen LogP contribution in [0.4, 0.5) is 0 Å². The number of nitrogens with two attached hydrogens (primary N) is 1. The molecule has 3 N–H and O–H groups in total. The van der Waals surface area contributed by atoms with Crippen molar-refractivity contribution in [1.29, 1.82) is 0 Å². The predicted molar refractivity (Wildman–Crippen MR) is 64.7 cm³/mol. The molecule has 0 heterocycles. The molecule has 2 fully saturated rings. The fraction of sp³-hybridized carbons (Fsp3) is 1.00. The molecule has 0 aromatic carbocycles. The Kier molecular flexibility index (Phi) is 3.09. The van der Waals surface area contributed by atoms with E-state index in [4.69, 9.17) is 5.73 Å². The van der Waals surface area contributed by atoms with Gasteiger partial charge in [0.2, 0.25) is 0 Å². The number of nitrogens with one attached hydrogen (secondary N) is 1. The van der Waals surface area contributed by atoms with Crippen LogP contribution >= 0.6 is 0 Å². The summed E-state index contributed by atoms with van der Waals surface area (Å²) < 4.78 is 0. The van der Waals surface area contributed by atoms with Crippen LogP contribution in [0.3, 0.4) is 0 Å². The van der Waals surface area contributed by atoms with E-state index in [1.54, 1.807) is 0 Å². The number of hydrogen-bond donors (Lipinski definition) is 2. The van der Waals surface area contributed by atoms with Crippen molar-refractivity contribution in [3.8, 4) is 0 Å². The highest BCUT2D eigenvalue weighted by Gasteiger charge is 2.53. The lowest BCUT2D eigenvalue weighted by atomic mass is 9.87. The van der Waals surface area contributed by atoms with Crippen molar-refractivity contribution in [1.82, 2.24) is 5.32 Å². The van der Waals surface area contributed by atoms with E-state index in [-0.39, 0.29) is 0 Å². The second kappa shape index (κ2) is 4.06. The molecule has 2 nitrogen and oxygen atoms in total. The van der Waals surface area contributed by atoms with E-state index in [1.165, 1.54) is 38.6 Å². The highest BCUT2D eigenvalue weighted by Crippen LogP contribution is 2.60. The Morgan fingerprint density at radius 1 is 1.40 bits per heavy atom. The van der Waals surface area contributed by atoms with Crippen molar-refractivity contribution in [3.63, 3.8) is 0 Å². The van der Waals surface area contributed by atoms with Gasteiger partial charge in [-0.1, -0.05) is 13.8 Å². The summed E-state index contributed by atoms with van der Waals surface area (Å²) in [4.78, 5) is 0. The third-order valence-electron chi connectivity index (χ3n) is 4.71. The quantitative estimate of drug-likeness (QED) is 0.675. The van der Waals surface area contributed by atoms with Gasteiger partial charge in [0.05, 0.1) is 0 Å². The van der Waals surface area contributed by atoms with E-state index < -0.39 is 0 Å². The minimum atomic E-state index is 0.305. The molecule has 0 radical (unpaired) electrons. The number of rotatable bonds is 7. The van der Waals surface area contributed by atoms with Crippen molar-refractivity contribution < 1.29 is 0 Å². The Balaban J connectivity index is 1.70. The summed E-state index contributed by atoms with van der Waals surface area (Å²) in [5.41, 5.74) is 6.85. The molecule has 2 aliphatic carbocycles. The fourth-order valence-corrected chi connectivity index (χ4v) is 2.54. The topological polar surface area (TPSA) is 38.0 Å². The Hall–Kier alpha value is -0.0800. The SMILES string of the molecule is CCC(C)(CN)CNCC1(C2CC2)CC1. The Morgan fingerprint density at radius 2 is 2.07 bits per heavy atom. The zero-order valence-electron chi connectivity index (χ0n) is 10.3. The normalized spacial score (nSPS) is 27.4. The first-order valence-electron chi connectivity index (χ1n) is 6.55. The molecule has 2 aliphatic rings. The smallest absolute Gasteiger partial charge is 0.00174 e. The van der Waals surface area contributed by atoms with Gasteiger partial charge in [-0.05, 0) is 55.4 Å². The molecule has 15 heavy (non-hydrogen) atoms. The standard InChI is InChI=1S/C13H26N2/c1-3-12(2,8-14)9-15-10-13(6-7-13)11-4-5-11/h11,15H,3-10,14H2,1-2H3. The molecule has 0 spiro atoms. The van der Waals surface area contributed by atoms with Crippen LogP contribution < -0.4 is 11.1 Å². The summed E-state index contributed by atoms with van der Waals surface area (Å²) in [6, 6.07) is 0. The summed E-state index contributed by atoms with van der Waals surface area (Å²) in [5.74, 6) is 1.07. The molecular formula is C13H26N2. The second-order valence-corrected chi connectivity index (χ2v) is 6.11. The molecule has 0 aromatic heterocycles. The fourth-order valence-electron chi connectivity index (χ4n) is 2.54.